The summed E-state index contributed by atoms with van der Waals surface area (Å²) in [6, 6.07) is 7.00. The number of amides is 4. The van der Waals surface area contributed by atoms with Gasteiger partial charge in [-0.25, -0.2) is 4.79 Å². The Labute approximate surface area is 170 Å². The van der Waals surface area contributed by atoms with Crippen molar-refractivity contribution in [1.29, 1.82) is 0 Å². The lowest BCUT2D eigenvalue weighted by atomic mass is 9.83. The summed E-state index contributed by atoms with van der Waals surface area (Å²) in [6.07, 6.45) is 3.41. The Morgan fingerprint density at radius 1 is 1.29 bits per heavy atom. The van der Waals surface area contributed by atoms with E-state index in [9.17, 15) is 14.4 Å². The van der Waals surface area contributed by atoms with Crippen LogP contribution in [0.15, 0.2) is 29.2 Å². The first-order valence-electron chi connectivity index (χ1n) is 9.66. The van der Waals surface area contributed by atoms with E-state index in [-0.39, 0.29) is 17.8 Å². The highest BCUT2D eigenvalue weighted by atomic mass is 32.2. The third kappa shape index (κ3) is 4.27. The molecule has 2 aliphatic rings. The molecule has 0 aromatic heterocycles. The smallest absolute Gasteiger partial charge is 0.321 e. The number of urea groups is 1. The molecule has 28 heavy (non-hydrogen) atoms. The van der Waals surface area contributed by atoms with E-state index >= 15 is 0 Å². The predicted octanol–water partition coefficient (Wildman–Crippen LogP) is 2.44. The average molecular weight is 405 g/mol. The number of anilines is 1. The van der Waals surface area contributed by atoms with E-state index in [1.165, 1.54) is 0 Å². The maximum atomic E-state index is 12.7. The first-order valence-corrected chi connectivity index (χ1v) is 10.9. The SMILES string of the molecule is CSc1ccccc1NC(=O)N1CCC2(CC1)NC(=O)C(CC(C)C)NC2=O. The molecule has 1 aromatic carbocycles. The van der Waals surface area contributed by atoms with Gasteiger partial charge in [0.25, 0.3) is 0 Å². The number of hydrogen-bond donors (Lipinski definition) is 3. The van der Waals surface area contributed by atoms with Crippen LogP contribution in [0.3, 0.4) is 0 Å². The van der Waals surface area contributed by atoms with Crippen LogP contribution in [0.2, 0.25) is 0 Å². The number of benzene rings is 1. The Bertz CT molecular complexity index is 760. The average Bonchev–Trinajstić information content (AvgIpc) is 2.67. The summed E-state index contributed by atoms with van der Waals surface area (Å²) >= 11 is 1.57. The lowest BCUT2D eigenvalue weighted by Crippen LogP contribution is -2.72. The lowest BCUT2D eigenvalue weighted by molar-refractivity contribution is -0.143. The zero-order chi connectivity index (χ0) is 20.3. The molecule has 1 unspecified atom stereocenters. The largest absolute Gasteiger partial charge is 0.342 e. The van der Waals surface area contributed by atoms with Crippen LogP contribution >= 0.6 is 11.8 Å². The summed E-state index contributed by atoms with van der Waals surface area (Å²) in [5.74, 6) is 0.0606. The summed E-state index contributed by atoms with van der Waals surface area (Å²) < 4.78 is 0. The molecule has 2 saturated heterocycles. The van der Waals surface area contributed by atoms with Gasteiger partial charge in [0, 0.05) is 18.0 Å². The van der Waals surface area contributed by atoms with Gasteiger partial charge < -0.3 is 20.9 Å². The first kappa shape index (κ1) is 20.5. The number of nitrogens with one attached hydrogen (secondary N) is 3. The number of carbonyl (C=O) groups excluding carboxylic acids is 3. The summed E-state index contributed by atoms with van der Waals surface area (Å²) in [7, 11) is 0. The van der Waals surface area contributed by atoms with Crippen molar-refractivity contribution in [1.82, 2.24) is 15.5 Å². The zero-order valence-electron chi connectivity index (χ0n) is 16.6. The zero-order valence-corrected chi connectivity index (χ0v) is 17.4. The fourth-order valence-corrected chi connectivity index (χ4v) is 4.32. The van der Waals surface area contributed by atoms with E-state index in [0.717, 1.165) is 10.6 Å². The fourth-order valence-electron chi connectivity index (χ4n) is 3.76. The van der Waals surface area contributed by atoms with Gasteiger partial charge in [-0.2, -0.15) is 0 Å². The number of hydrogen-bond acceptors (Lipinski definition) is 4. The molecule has 0 bridgehead atoms. The second-order valence-corrected chi connectivity index (χ2v) is 8.69. The minimum absolute atomic E-state index is 0.125. The van der Waals surface area contributed by atoms with Crippen LogP contribution in [-0.2, 0) is 9.59 Å². The van der Waals surface area contributed by atoms with Gasteiger partial charge in [0.05, 0.1) is 5.69 Å². The van der Waals surface area contributed by atoms with Gasteiger partial charge in [-0.05, 0) is 43.6 Å². The van der Waals surface area contributed by atoms with E-state index in [1.54, 1.807) is 16.7 Å². The molecule has 1 aromatic rings. The van der Waals surface area contributed by atoms with E-state index in [1.807, 2.05) is 44.4 Å². The Morgan fingerprint density at radius 3 is 2.61 bits per heavy atom. The van der Waals surface area contributed by atoms with Crippen molar-refractivity contribution in [2.45, 2.75) is 49.6 Å². The number of thioether (sulfide) groups is 1. The third-order valence-corrected chi connectivity index (χ3v) is 6.17. The Balaban J connectivity index is 1.60. The number of para-hydroxylation sites is 1. The molecule has 4 amide bonds. The molecule has 152 valence electrons. The number of piperidine rings is 1. The predicted molar refractivity (Wildman–Crippen MR) is 110 cm³/mol. The molecule has 0 aliphatic carbocycles. The molecule has 8 heteroatoms. The monoisotopic (exact) mass is 404 g/mol. The molecule has 3 N–H and O–H groups in total. The second-order valence-electron chi connectivity index (χ2n) is 7.84. The normalized spacial score (nSPS) is 21.4. The molecular weight excluding hydrogens is 376 g/mol. The van der Waals surface area contributed by atoms with Gasteiger partial charge >= 0.3 is 6.03 Å². The topological polar surface area (TPSA) is 90.5 Å². The standard InChI is InChI=1S/C20H28N4O3S/c1-13(2)12-15-17(25)23-20(18(26)21-15)8-10-24(11-9-20)19(27)22-14-6-4-5-7-16(14)28-3/h4-7,13,15H,8-12H2,1-3H3,(H,21,26)(H,22,27)(H,23,25). The van der Waals surface area contributed by atoms with E-state index < -0.39 is 11.6 Å². The van der Waals surface area contributed by atoms with Crippen molar-refractivity contribution < 1.29 is 14.4 Å². The van der Waals surface area contributed by atoms with Crippen LogP contribution < -0.4 is 16.0 Å². The van der Waals surface area contributed by atoms with Gasteiger partial charge in [-0.1, -0.05) is 26.0 Å². The molecular formula is C20H28N4O3S. The summed E-state index contributed by atoms with van der Waals surface area (Å²) in [5.41, 5.74) is -0.126. The molecule has 7 nitrogen and oxygen atoms in total. The van der Waals surface area contributed by atoms with Crippen molar-refractivity contribution >= 4 is 35.3 Å². The molecule has 2 heterocycles. The van der Waals surface area contributed by atoms with Crippen LogP contribution in [0.5, 0.6) is 0 Å². The van der Waals surface area contributed by atoms with Gasteiger partial charge in [0.15, 0.2) is 0 Å². The highest BCUT2D eigenvalue weighted by Gasteiger charge is 2.48. The number of piperazine rings is 1. The minimum atomic E-state index is -0.904. The molecule has 2 aliphatic heterocycles. The van der Waals surface area contributed by atoms with Crippen molar-refractivity contribution in [3.63, 3.8) is 0 Å². The van der Waals surface area contributed by atoms with Crippen molar-refractivity contribution in [2.75, 3.05) is 24.7 Å². The van der Waals surface area contributed by atoms with Gasteiger partial charge in [-0.15, -0.1) is 11.8 Å². The number of nitrogens with zero attached hydrogens (tertiary/aromatic N) is 1. The van der Waals surface area contributed by atoms with Crippen LogP contribution in [0.25, 0.3) is 0 Å². The van der Waals surface area contributed by atoms with Gasteiger partial charge in [0.1, 0.15) is 11.6 Å². The maximum absolute atomic E-state index is 12.7. The number of likely N-dealkylation sites (tertiary alicyclic amines) is 1. The van der Waals surface area contributed by atoms with Crippen molar-refractivity contribution in [2.24, 2.45) is 5.92 Å². The lowest BCUT2D eigenvalue weighted by Gasteiger charge is -2.45. The van der Waals surface area contributed by atoms with Crippen LogP contribution in [-0.4, -0.2) is 53.7 Å². The molecule has 0 radical (unpaired) electrons. The summed E-state index contributed by atoms with van der Waals surface area (Å²) in [6.45, 7) is 4.87. The first-order chi connectivity index (χ1) is 13.3. The Kier molecular flexibility index (Phi) is 6.17. The van der Waals surface area contributed by atoms with Gasteiger partial charge in [0.2, 0.25) is 11.8 Å². The minimum Gasteiger partial charge on any atom is -0.342 e. The van der Waals surface area contributed by atoms with E-state index in [4.69, 9.17) is 0 Å². The third-order valence-electron chi connectivity index (χ3n) is 5.38. The molecule has 1 spiro atoms. The van der Waals surface area contributed by atoms with Crippen molar-refractivity contribution in [3.8, 4) is 0 Å². The number of rotatable bonds is 4. The second kappa shape index (κ2) is 8.43. The molecule has 0 saturated carbocycles. The Morgan fingerprint density at radius 2 is 1.96 bits per heavy atom. The van der Waals surface area contributed by atoms with Crippen LogP contribution in [0.1, 0.15) is 33.1 Å². The van der Waals surface area contributed by atoms with Crippen LogP contribution in [0, 0.1) is 5.92 Å². The summed E-state index contributed by atoms with van der Waals surface area (Å²) in [4.78, 5) is 40.5. The van der Waals surface area contributed by atoms with Crippen LogP contribution in [0.4, 0.5) is 10.5 Å². The maximum Gasteiger partial charge on any atom is 0.321 e. The molecule has 3 rings (SSSR count). The fraction of sp³-hybridized carbons (Fsp3) is 0.550. The van der Waals surface area contributed by atoms with Crippen molar-refractivity contribution in [3.05, 3.63) is 24.3 Å². The highest BCUT2D eigenvalue weighted by Crippen LogP contribution is 2.28. The van der Waals surface area contributed by atoms with E-state index in [0.29, 0.717) is 38.3 Å². The molecule has 2 fully saturated rings. The quantitative estimate of drug-likeness (QED) is 0.673. The van der Waals surface area contributed by atoms with E-state index in [2.05, 4.69) is 16.0 Å². The number of carbonyl (C=O) groups is 3. The Hall–Kier alpha value is -2.22. The highest BCUT2D eigenvalue weighted by molar-refractivity contribution is 7.98. The summed E-state index contributed by atoms with van der Waals surface area (Å²) in [5, 5.41) is 8.79. The van der Waals surface area contributed by atoms with Gasteiger partial charge in [-0.3, -0.25) is 9.59 Å². The molecule has 1 atom stereocenters.